The van der Waals surface area contributed by atoms with Gasteiger partial charge < -0.3 is 0 Å². The number of aromatic amines is 1. The van der Waals surface area contributed by atoms with Crippen LogP contribution in [0.5, 0.6) is 0 Å². The molecule has 1 rings (SSSR count). The number of aromatic nitrogens is 2. The summed E-state index contributed by atoms with van der Waals surface area (Å²) in [5.74, 6) is 0. The van der Waals surface area contributed by atoms with Gasteiger partial charge in [-0.25, -0.2) is 0 Å². The fourth-order valence-corrected chi connectivity index (χ4v) is 7.55. The van der Waals surface area contributed by atoms with E-state index in [1.54, 1.807) is 0 Å². The van der Waals surface area contributed by atoms with E-state index in [0.29, 0.717) is 3.43 Å². The Morgan fingerprint density at radius 2 is 1.53 bits per heavy atom. The van der Waals surface area contributed by atoms with Crippen LogP contribution >= 0.6 is 0 Å². The molecular formula is C16H30N2Sn. The number of hydrogen-bond donors (Lipinski definition) is 1. The number of nitrogens with zero attached hydrogens (tertiary/aromatic N) is 1. The van der Waals surface area contributed by atoms with Gasteiger partial charge >= 0.3 is 129 Å². The molecule has 0 atom stereocenters. The molecule has 2 radical (unpaired) electrons. The molecule has 1 aromatic rings. The van der Waals surface area contributed by atoms with E-state index in [4.69, 9.17) is 0 Å². The first-order valence-corrected chi connectivity index (χ1v) is 10.9. The molecule has 0 aromatic carbocycles. The molecule has 0 aliphatic rings. The van der Waals surface area contributed by atoms with Crippen LogP contribution in [0.4, 0.5) is 0 Å². The van der Waals surface area contributed by atoms with E-state index in [1.807, 2.05) is 12.4 Å². The zero-order chi connectivity index (χ0) is 14.0. The van der Waals surface area contributed by atoms with Crippen molar-refractivity contribution in [3.05, 3.63) is 12.4 Å². The zero-order valence-electron chi connectivity index (χ0n) is 13.0. The van der Waals surface area contributed by atoms with Crippen LogP contribution in [-0.4, -0.2) is 31.1 Å². The SMILES string of the molecule is CCCC[C](CCCC)(CCCC)[Sn][c]1ncc[nH]1. The van der Waals surface area contributed by atoms with Gasteiger partial charge in [0.15, 0.2) is 0 Å². The molecule has 108 valence electrons. The molecule has 0 spiro atoms. The Labute approximate surface area is 129 Å². The van der Waals surface area contributed by atoms with Crippen LogP contribution in [0.2, 0.25) is 3.43 Å². The number of imidazole rings is 1. The summed E-state index contributed by atoms with van der Waals surface area (Å²) in [5, 5.41) is 0. The molecule has 0 aliphatic heterocycles. The molecule has 1 aromatic heterocycles. The molecule has 0 amide bonds. The Balaban J connectivity index is 2.74. The van der Waals surface area contributed by atoms with Gasteiger partial charge in [-0.05, 0) is 0 Å². The third kappa shape index (κ3) is 6.33. The van der Waals surface area contributed by atoms with Gasteiger partial charge in [-0.15, -0.1) is 0 Å². The summed E-state index contributed by atoms with van der Waals surface area (Å²) >= 11 is -0.610. The van der Waals surface area contributed by atoms with Crippen molar-refractivity contribution in [3.8, 4) is 0 Å². The molecule has 0 aliphatic carbocycles. The van der Waals surface area contributed by atoms with E-state index in [9.17, 15) is 0 Å². The predicted molar refractivity (Wildman–Crippen MR) is 85.2 cm³/mol. The van der Waals surface area contributed by atoms with Crippen molar-refractivity contribution in [1.29, 1.82) is 0 Å². The monoisotopic (exact) mass is 370 g/mol. The van der Waals surface area contributed by atoms with Crippen molar-refractivity contribution in [2.24, 2.45) is 0 Å². The number of hydrogen-bond acceptors (Lipinski definition) is 1. The van der Waals surface area contributed by atoms with Crippen molar-refractivity contribution < 1.29 is 0 Å². The van der Waals surface area contributed by atoms with Crippen LogP contribution in [0.3, 0.4) is 0 Å². The van der Waals surface area contributed by atoms with E-state index < -0.39 is 21.1 Å². The molecule has 0 bridgehead atoms. The first kappa shape index (κ1) is 17.1. The van der Waals surface area contributed by atoms with Crippen molar-refractivity contribution in [1.82, 2.24) is 9.97 Å². The second kappa shape index (κ2) is 9.84. The third-order valence-corrected chi connectivity index (χ3v) is 9.02. The van der Waals surface area contributed by atoms with E-state index in [0.717, 1.165) is 0 Å². The van der Waals surface area contributed by atoms with Gasteiger partial charge in [-0.1, -0.05) is 0 Å². The Morgan fingerprint density at radius 1 is 1.00 bits per heavy atom. The summed E-state index contributed by atoms with van der Waals surface area (Å²) in [6.07, 6.45) is 16.4. The molecule has 2 nitrogen and oxygen atoms in total. The minimum absolute atomic E-state index is 0.610. The quantitative estimate of drug-likeness (QED) is 0.573. The summed E-state index contributed by atoms with van der Waals surface area (Å²) in [4.78, 5) is 7.93. The van der Waals surface area contributed by atoms with E-state index in [1.165, 1.54) is 61.6 Å². The number of unbranched alkanes of at least 4 members (excludes halogenated alkanes) is 3. The molecular weight excluding hydrogens is 339 g/mol. The van der Waals surface area contributed by atoms with Crippen LogP contribution in [0.1, 0.15) is 78.6 Å². The number of nitrogens with one attached hydrogen (secondary N) is 1. The van der Waals surface area contributed by atoms with Crippen molar-refractivity contribution in [3.63, 3.8) is 0 Å². The zero-order valence-corrected chi connectivity index (χ0v) is 15.8. The van der Waals surface area contributed by atoms with Crippen LogP contribution in [0.15, 0.2) is 12.4 Å². The Kier molecular flexibility index (Phi) is 8.84. The molecule has 3 heteroatoms. The first-order valence-electron chi connectivity index (χ1n) is 8.04. The van der Waals surface area contributed by atoms with Crippen LogP contribution < -0.4 is 3.84 Å². The number of H-pyrrole nitrogens is 1. The minimum atomic E-state index is -0.610. The van der Waals surface area contributed by atoms with Gasteiger partial charge in [0.1, 0.15) is 0 Å². The van der Waals surface area contributed by atoms with Gasteiger partial charge in [-0.3, -0.25) is 0 Å². The molecule has 0 fully saturated rings. The topological polar surface area (TPSA) is 28.7 Å². The molecule has 0 unspecified atom stereocenters. The standard InChI is InChI=1S/C13H27.C3H3N2.Sn/c1-4-7-10-13(11-8-5-2)12-9-6-3;1-2-5-3-4-1;/h4-12H2,1-3H3;1-2H,(H,4,5);. The van der Waals surface area contributed by atoms with Gasteiger partial charge in [0.25, 0.3) is 0 Å². The maximum atomic E-state index is 4.55. The third-order valence-electron chi connectivity index (χ3n) is 3.91. The average molecular weight is 369 g/mol. The summed E-state index contributed by atoms with van der Waals surface area (Å²) in [7, 11) is 0. The molecule has 0 saturated heterocycles. The van der Waals surface area contributed by atoms with Crippen molar-refractivity contribution >= 4 is 25.0 Å². The second-order valence-electron chi connectivity index (χ2n) is 5.65. The van der Waals surface area contributed by atoms with Gasteiger partial charge in [0, 0.05) is 0 Å². The Hall–Kier alpha value is 0.00870. The maximum absolute atomic E-state index is 4.55. The summed E-state index contributed by atoms with van der Waals surface area (Å²) in [6, 6.07) is 0. The summed E-state index contributed by atoms with van der Waals surface area (Å²) < 4.78 is 2.01. The predicted octanol–water partition coefficient (Wildman–Crippen LogP) is 4.47. The average Bonchev–Trinajstić information content (AvgIpc) is 2.93. The Bertz CT molecular complexity index is 287. The van der Waals surface area contributed by atoms with Crippen LogP contribution in [0, 0.1) is 0 Å². The fourth-order valence-electron chi connectivity index (χ4n) is 2.69. The fraction of sp³-hybridized carbons (Fsp3) is 0.812. The van der Waals surface area contributed by atoms with Crippen LogP contribution in [0.25, 0.3) is 0 Å². The summed E-state index contributed by atoms with van der Waals surface area (Å²) in [5.41, 5.74) is 0. The van der Waals surface area contributed by atoms with Crippen molar-refractivity contribution in [2.45, 2.75) is 82.0 Å². The van der Waals surface area contributed by atoms with Gasteiger partial charge in [0.2, 0.25) is 0 Å². The van der Waals surface area contributed by atoms with Gasteiger partial charge in [0.05, 0.1) is 0 Å². The molecule has 19 heavy (non-hydrogen) atoms. The summed E-state index contributed by atoms with van der Waals surface area (Å²) in [6.45, 7) is 6.97. The normalized spacial score (nSPS) is 11.9. The van der Waals surface area contributed by atoms with E-state index in [-0.39, 0.29) is 0 Å². The Morgan fingerprint density at radius 3 is 1.89 bits per heavy atom. The first-order chi connectivity index (χ1) is 9.26. The molecule has 1 N–H and O–H groups in total. The van der Waals surface area contributed by atoms with E-state index >= 15 is 0 Å². The van der Waals surface area contributed by atoms with Crippen molar-refractivity contribution in [2.75, 3.05) is 0 Å². The van der Waals surface area contributed by atoms with E-state index in [2.05, 4.69) is 30.7 Å². The molecule has 1 heterocycles. The van der Waals surface area contributed by atoms with Crippen LogP contribution in [-0.2, 0) is 0 Å². The molecule has 0 saturated carbocycles. The van der Waals surface area contributed by atoms with Gasteiger partial charge in [-0.2, -0.15) is 0 Å². The second-order valence-corrected chi connectivity index (χ2v) is 10.7. The number of rotatable bonds is 11.